The number of hydrogen-bond acceptors (Lipinski definition) is 4. The number of H-pyrrole nitrogens is 1. The number of fused-ring (bicyclic) bond motifs is 2. The molecule has 0 spiro atoms. The SMILES string of the molecule is CC1(C)[C@@H]2[C@@H](C(=O)N[C@H](C=O)C[C@@H]3CCNC3=O)N(C(=O)c3cc4c(F)c(Cl)ccc4[nH]3)C[C@@H]21. The highest BCUT2D eigenvalue weighted by Crippen LogP contribution is 2.65. The van der Waals surface area contributed by atoms with Gasteiger partial charge in [-0.25, -0.2) is 4.39 Å². The summed E-state index contributed by atoms with van der Waals surface area (Å²) in [5.41, 5.74) is 0.496. The van der Waals surface area contributed by atoms with E-state index in [2.05, 4.69) is 29.5 Å². The lowest BCUT2D eigenvalue weighted by molar-refractivity contribution is -0.129. The van der Waals surface area contributed by atoms with E-state index in [1.807, 2.05) is 0 Å². The lowest BCUT2D eigenvalue weighted by Crippen LogP contribution is -2.52. The van der Waals surface area contributed by atoms with Gasteiger partial charge in [0.1, 0.15) is 18.0 Å². The van der Waals surface area contributed by atoms with Gasteiger partial charge in [-0.1, -0.05) is 25.4 Å². The topological polar surface area (TPSA) is 111 Å². The molecular formula is C24H26ClFN4O4. The van der Waals surface area contributed by atoms with Crippen molar-refractivity contribution in [2.75, 3.05) is 13.1 Å². The minimum atomic E-state index is -0.816. The molecule has 2 saturated heterocycles. The van der Waals surface area contributed by atoms with Crippen LogP contribution in [-0.2, 0) is 14.4 Å². The number of rotatable bonds is 6. The van der Waals surface area contributed by atoms with E-state index in [-0.39, 0.29) is 51.6 Å². The molecule has 5 atom stereocenters. The van der Waals surface area contributed by atoms with Crippen LogP contribution in [0, 0.1) is 29.0 Å². The number of aldehydes is 1. The quantitative estimate of drug-likeness (QED) is 0.541. The van der Waals surface area contributed by atoms with Crippen LogP contribution in [0.4, 0.5) is 4.39 Å². The minimum absolute atomic E-state index is 0.0391. The van der Waals surface area contributed by atoms with Gasteiger partial charge < -0.3 is 25.3 Å². The number of piperidine rings is 1. The number of carbonyl (C=O) groups excluding carboxylic acids is 4. The lowest BCUT2D eigenvalue weighted by atomic mass is 9.97. The summed E-state index contributed by atoms with van der Waals surface area (Å²) in [5, 5.41) is 5.66. The molecule has 34 heavy (non-hydrogen) atoms. The molecule has 0 unspecified atom stereocenters. The molecule has 1 saturated carbocycles. The molecule has 3 fully saturated rings. The first-order chi connectivity index (χ1) is 16.1. The molecule has 2 aromatic rings. The summed E-state index contributed by atoms with van der Waals surface area (Å²) in [5.74, 6) is -1.77. The predicted molar refractivity (Wildman–Crippen MR) is 123 cm³/mol. The summed E-state index contributed by atoms with van der Waals surface area (Å²) in [6.45, 7) is 5.07. The average molecular weight is 489 g/mol. The van der Waals surface area contributed by atoms with Gasteiger partial charge >= 0.3 is 0 Å². The number of halogens is 2. The second kappa shape index (κ2) is 8.08. The molecule has 3 amide bonds. The fraction of sp³-hybridized carbons (Fsp3) is 0.500. The molecule has 1 aromatic carbocycles. The van der Waals surface area contributed by atoms with E-state index in [9.17, 15) is 23.6 Å². The molecule has 1 aliphatic carbocycles. The van der Waals surface area contributed by atoms with Crippen LogP contribution in [0.5, 0.6) is 0 Å². The van der Waals surface area contributed by atoms with Gasteiger partial charge in [-0.05, 0) is 48.3 Å². The number of amides is 3. The van der Waals surface area contributed by atoms with Crippen molar-refractivity contribution in [3.8, 4) is 0 Å². The molecule has 3 aliphatic rings. The van der Waals surface area contributed by atoms with Gasteiger partial charge in [0.15, 0.2) is 5.82 Å². The Morgan fingerprint density at radius 1 is 1.38 bits per heavy atom. The highest BCUT2D eigenvalue weighted by Gasteiger charge is 2.69. The van der Waals surface area contributed by atoms with E-state index < -0.39 is 29.7 Å². The number of likely N-dealkylation sites (tertiary alicyclic amines) is 1. The molecule has 5 rings (SSSR count). The molecule has 10 heteroatoms. The number of nitrogens with one attached hydrogen (secondary N) is 3. The Bertz CT molecular complexity index is 1210. The molecule has 0 bridgehead atoms. The van der Waals surface area contributed by atoms with Crippen molar-refractivity contribution in [1.29, 1.82) is 0 Å². The first-order valence-electron chi connectivity index (χ1n) is 11.4. The summed E-state index contributed by atoms with van der Waals surface area (Å²) in [7, 11) is 0. The van der Waals surface area contributed by atoms with Gasteiger partial charge in [-0.15, -0.1) is 0 Å². The Morgan fingerprint density at radius 2 is 2.15 bits per heavy atom. The van der Waals surface area contributed by atoms with Gasteiger partial charge in [0.05, 0.1) is 11.1 Å². The molecule has 2 aliphatic heterocycles. The standard InChI is InChI=1S/C24H26ClFN4O4/c1-24(2)14-9-30(23(34)17-8-13-16(29-17)4-3-15(25)19(13)26)20(18(14)24)22(33)28-12(10-31)7-11-5-6-27-21(11)32/h3-4,8,10-12,14,18,20,29H,5-7,9H2,1-2H3,(H,27,32)(H,28,33)/t11-,12-,14-,18-,20-/m0/s1. The van der Waals surface area contributed by atoms with Gasteiger partial charge in [0.25, 0.3) is 5.91 Å². The number of carbonyl (C=O) groups is 4. The van der Waals surface area contributed by atoms with Crippen LogP contribution in [0.15, 0.2) is 18.2 Å². The van der Waals surface area contributed by atoms with Gasteiger partial charge in [-0.2, -0.15) is 0 Å². The third-order valence-corrected chi connectivity index (χ3v) is 8.14. The number of benzene rings is 1. The summed E-state index contributed by atoms with van der Waals surface area (Å²) < 4.78 is 14.4. The van der Waals surface area contributed by atoms with Crippen LogP contribution in [0.25, 0.3) is 10.9 Å². The van der Waals surface area contributed by atoms with E-state index in [0.29, 0.717) is 31.3 Å². The Balaban J connectivity index is 1.37. The maximum absolute atomic E-state index is 14.4. The van der Waals surface area contributed by atoms with Crippen molar-refractivity contribution in [2.24, 2.45) is 23.2 Å². The van der Waals surface area contributed by atoms with Crippen molar-refractivity contribution in [2.45, 2.75) is 38.8 Å². The van der Waals surface area contributed by atoms with E-state index >= 15 is 0 Å². The third-order valence-electron chi connectivity index (χ3n) is 7.85. The van der Waals surface area contributed by atoms with E-state index in [0.717, 1.165) is 0 Å². The van der Waals surface area contributed by atoms with Crippen molar-refractivity contribution < 1.29 is 23.6 Å². The number of hydrogen-bond donors (Lipinski definition) is 3. The minimum Gasteiger partial charge on any atom is -0.356 e. The maximum Gasteiger partial charge on any atom is 0.271 e. The molecule has 8 nitrogen and oxygen atoms in total. The highest BCUT2D eigenvalue weighted by molar-refractivity contribution is 6.31. The maximum atomic E-state index is 14.4. The zero-order valence-corrected chi connectivity index (χ0v) is 19.6. The summed E-state index contributed by atoms with van der Waals surface area (Å²) in [6, 6.07) is 2.85. The van der Waals surface area contributed by atoms with Crippen LogP contribution in [-0.4, -0.2) is 59.1 Å². The van der Waals surface area contributed by atoms with Gasteiger partial charge in [0.2, 0.25) is 11.8 Å². The Morgan fingerprint density at radius 3 is 2.82 bits per heavy atom. The Labute approximate surface area is 200 Å². The lowest BCUT2D eigenvalue weighted by Gasteiger charge is -2.30. The smallest absolute Gasteiger partial charge is 0.271 e. The fourth-order valence-corrected chi connectivity index (χ4v) is 5.97. The van der Waals surface area contributed by atoms with Crippen LogP contribution < -0.4 is 10.6 Å². The van der Waals surface area contributed by atoms with Crippen LogP contribution >= 0.6 is 11.6 Å². The third kappa shape index (κ3) is 3.57. The zero-order valence-electron chi connectivity index (χ0n) is 18.9. The van der Waals surface area contributed by atoms with Crippen LogP contribution in [0.3, 0.4) is 0 Å². The van der Waals surface area contributed by atoms with E-state index in [4.69, 9.17) is 11.6 Å². The predicted octanol–water partition coefficient (Wildman–Crippen LogP) is 2.27. The first-order valence-corrected chi connectivity index (χ1v) is 11.8. The van der Waals surface area contributed by atoms with E-state index in [1.165, 1.54) is 17.0 Å². The van der Waals surface area contributed by atoms with Gasteiger partial charge in [0, 0.05) is 29.9 Å². The average Bonchev–Trinajstić information content (AvgIpc) is 3.31. The second-order valence-electron chi connectivity index (χ2n) is 10.1. The second-order valence-corrected chi connectivity index (χ2v) is 10.5. The molecule has 3 N–H and O–H groups in total. The summed E-state index contributed by atoms with van der Waals surface area (Å²) >= 11 is 5.87. The van der Waals surface area contributed by atoms with Crippen molar-refractivity contribution >= 4 is 46.5 Å². The Hall–Kier alpha value is -2.94. The number of nitrogens with zero attached hydrogens (tertiary/aromatic N) is 1. The highest BCUT2D eigenvalue weighted by atomic mass is 35.5. The van der Waals surface area contributed by atoms with Gasteiger partial charge in [-0.3, -0.25) is 14.4 Å². The normalized spacial score (nSPS) is 27.9. The molecule has 3 heterocycles. The monoisotopic (exact) mass is 488 g/mol. The molecule has 1 aromatic heterocycles. The summed E-state index contributed by atoms with van der Waals surface area (Å²) in [4.78, 5) is 54.8. The number of aromatic amines is 1. The van der Waals surface area contributed by atoms with Crippen molar-refractivity contribution in [3.63, 3.8) is 0 Å². The molecule has 180 valence electrons. The van der Waals surface area contributed by atoms with Crippen LogP contribution in [0.2, 0.25) is 5.02 Å². The molecular weight excluding hydrogens is 463 g/mol. The van der Waals surface area contributed by atoms with E-state index in [1.54, 1.807) is 6.07 Å². The fourth-order valence-electron chi connectivity index (χ4n) is 5.80. The molecule has 0 radical (unpaired) electrons. The largest absolute Gasteiger partial charge is 0.356 e. The van der Waals surface area contributed by atoms with Crippen molar-refractivity contribution in [1.82, 2.24) is 20.5 Å². The van der Waals surface area contributed by atoms with Crippen LogP contribution in [0.1, 0.15) is 37.2 Å². The first kappa shape index (κ1) is 22.8. The number of aromatic nitrogens is 1. The van der Waals surface area contributed by atoms with Crippen molar-refractivity contribution in [3.05, 3.63) is 34.7 Å². The summed E-state index contributed by atoms with van der Waals surface area (Å²) in [6.07, 6.45) is 1.48. The zero-order chi connectivity index (χ0) is 24.4. The Kier molecular flexibility index (Phi) is 5.42.